The largest absolute Gasteiger partial charge is 0.461 e. The molecule has 2 amide bonds. The zero-order valence-corrected chi connectivity index (χ0v) is 21.3. The second-order valence-corrected chi connectivity index (χ2v) is 11.3. The average Bonchev–Trinajstić information content (AvgIpc) is 3.43. The number of esters is 1. The van der Waals surface area contributed by atoms with E-state index < -0.39 is 28.6 Å². The molecule has 3 heterocycles. The molecular formula is C26H31ClN2O5S. The van der Waals surface area contributed by atoms with Gasteiger partial charge in [0.2, 0.25) is 5.91 Å². The van der Waals surface area contributed by atoms with Crippen LogP contribution in [0.3, 0.4) is 0 Å². The Labute approximate surface area is 215 Å². The summed E-state index contributed by atoms with van der Waals surface area (Å²) in [5.41, 5.74) is 0.654. The van der Waals surface area contributed by atoms with Gasteiger partial charge in [0.15, 0.2) is 0 Å². The maximum atomic E-state index is 14.3. The van der Waals surface area contributed by atoms with E-state index in [1.165, 1.54) is 6.08 Å². The van der Waals surface area contributed by atoms with Gasteiger partial charge >= 0.3 is 5.97 Å². The molecule has 3 aliphatic heterocycles. The van der Waals surface area contributed by atoms with Crippen molar-refractivity contribution in [2.45, 2.75) is 35.8 Å². The molecule has 0 aliphatic carbocycles. The van der Waals surface area contributed by atoms with Gasteiger partial charge in [-0.2, -0.15) is 0 Å². The van der Waals surface area contributed by atoms with Gasteiger partial charge in [0.05, 0.1) is 16.6 Å². The van der Waals surface area contributed by atoms with E-state index >= 15 is 0 Å². The molecule has 1 spiro atoms. The van der Waals surface area contributed by atoms with Crippen molar-refractivity contribution in [3.8, 4) is 0 Å². The number of carbonyl (C=O) groups excluding carboxylic acids is 3. The second-order valence-electron chi connectivity index (χ2n) is 9.29. The molecule has 9 heteroatoms. The molecule has 1 N–H and O–H groups in total. The number of ether oxygens (including phenoxy) is 1. The van der Waals surface area contributed by atoms with Gasteiger partial charge in [-0.25, -0.2) is 0 Å². The fraction of sp³-hybridized carbons (Fsp3) is 0.500. The molecule has 3 saturated heterocycles. The van der Waals surface area contributed by atoms with Crippen LogP contribution in [0.15, 0.2) is 49.6 Å². The summed E-state index contributed by atoms with van der Waals surface area (Å²) in [5, 5.41) is 9.98. The Balaban J connectivity index is 1.77. The Morgan fingerprint density at radius 2 is 2.03 bits per heavy atom. The molecular weight excluding hydrogens is 488 g/mol. The molecule has 0 aromatic heterocycles. The van der Waals surface area contributed by atoms with Crippen LogP contribution in [0.4, 0.5) is 5.69 Å². The number of benzene rings is 1. The Bertz CT molecular complexity index is 1020. The number of thioether (sulfide) groups is 1. The number of carbonyl (C=O) groups is 3. The van der Waals surface area contributed by atoms with Crippen LogP contribution in [0.25, 0.3) is 0 Å². The topological polar surface area (TPSA) is 87.1 Å². The van der Waals surface area contributed by atoms with Gasteiger partial charge in [0, 0.05) is 35.7 Å². The summed E-state index contributed by atoms with van der Waals surface area (Å²) < 4.78 is 4.64. The Kier molecular flexibility index (Phi) is 7.64. The Morgan fingerprint density at radius 3 is 2.66 bits per heavy atom. The van der Waals surface area contributed by atoms with Crippen molar-refractivity contribution in [2.24, 2.45) is 17.8 Å². The lowest BCUT2D eigenvalue weighted by atomic mass is 9.66. The molecule has 3 fully saturated rings. The van der Waals surface area contributed by atoms with E-state index in [0.717, 1.165) is 6.42 Å². The minimum absolute atomic E-state index is 0.0405. The van der Waals surface area contributed by atoms with Gasteiger partial charge in [-0.05, 0) is 43.0 Å². The molecule has 188 valence electrons. The third-order valence-corrected chi connectivity index (χ3v) is 9.70. The number of aliphatic hydroxyl groups is 1. The fourth-order valence-corrected chi connectivity index (χ4v) is 8.54. The first-order valence-electron chi connectivity index (χ1n) is 11.9. The number of hydrogen-bond donors (Lipinski definition) is 1. The van der Waals surface area contributed by atoms with Crippen LogP contribution in [-0.2, 0) is 19.1 Å². The molecule has 1 aromatic rings. The number of nitrogens with zero attached hydrogens (tertiary/aromatic N) is 2. The number of halogens is 1. The van der Waals surface area contributed by atoms with Crippen LogP contribution in [0, 0.1) is 17.8 Å². The SMILES string of the molecule is C=CCOC(=O)[C@@H]1[C@H]2C(=O)N(CCCO)C(C(=O)N(CC=C)c3ccc(Cl)cc3)C23S[C@@H]1CC3C. The summed E-state index contributed by atoms with van der Waals surface area (Å²) in [6, 6.07) is 6.20. The predicted molar refractivity (Wildman–Crippen MR) is 137 cm³/mol. The van der Waals surface area contributed by atoms with Crippen LogP contribution in [0.5, 0.6) is 0 Å². The molecule has 3 unspecified atom stereocenters. The normalized spacial score (nSPS) is 30.8. The number of amides is 2. The summed E-state index contributed by atoms with van der Waals surface area (Å²) in [4.78, 5) is 44.5. The molecule has 0 radical (unpaired) electrons. The molecule has 35 heavy (non-hydrogen) atoms. The zero-order valence-electron chi connectivity index (χ0n) is 19.8. The number of likely N-dealkylation sites (tertiary alicyclic amines) is 1. The third kappa shape index (κ3) is 4.19. The molecule has 1 aromatic carbocycles. The van der Waals surface area contributed by atoms with Crippen molar-refractivity contribution in [3.05, 3.63) is 54.6 Å². The van der Waals surface area contributed by atoms with Crippen molar-refractivity contribution in [2.75, 3.05) is 31.2 Å². The highest BCUT2D eigenvalue weighted by Gasteiger charge is 2.76. The first-order valence-corrected chi connectivity index (χ1v) is 13.1. The first-order chi connectivity index (χ1) is 16.8. The lowest BCUT2D eigenvalue weighted by Gasteiger charge is -2.40. The van der Waals surface area contributed by atoms with E-state index in [4.69, 9.17) is 16.3 Å². The van der Waals surface area contributed by atoms with Crippen LogP contribution in [0.1, 0.15) is 19.8 Å². The van der Waals surface area contributed by atoms with Gasteiger partial charge in [0.1, 0.15) is 12.6 Å². The van der Waals surface area contributed by atoms with E-state index in [2.05, 4.69) is 20.1 Å². The summed E-state index contributed by atoms with van der Waals surface area (Å²) in [5.74, 6) is -2.07. The predicted octanol–water partition coefficient (Wildman–Crippen LogP) is 3.31. The zero-order chi connectivity index (χ0) is 25.3. The smallest absolute Gasteiger partial charge is 0.311 e. The summed E-state index contributed by atoms with van der Waals surface area (Å²) in [7, 11) is 0. The maximum absolute atomic E-state index is 14.3. The summed E-state index contributed by atoms with van der Waals surface area (Å²) in [6.45, 7) is 9.95. The highest BCUT2D eigenvalue weighted by molar-refractivity contribution is 8.02. The van der Waals surface area contributed by atoms with E-state index in [9.17, 15) is 19.5 Å². The van der Waals surface area contributed by atoms with Crippen molar-refractivity contribution >= 4 is 46.8 Å². The fourth-order valence-electron chi connectivity index (χ4n) is 6.01. The summed E-state index contributed by atoms with van der Waals surface area (Å²) >= 11 is 7.66. The van der Waals surface area contributed by atoms with Crippen LogP contribution >= 0.6 is 23.4 Å². The molecule has 0 saturated carbocycles. The van der Waals surface area contributed by atoms with Crippen LogP contribution in [0.2, 0.25) is 5.02 Å². The lowest BCUT2D eigenvalue weighted by molar-refractivity contribution is -0.153. The number of anilines is 1. The third-order valence-electron chi connectivity index (χ3n) is 7.37. The quantitative estimate of drug-likeness (QED) is 0.378. The lowest BCUT2D eigenvalue weighted by Crippen LogP contribution is -2.57. The first kappa shape index (κ1) is 25.8. The molecule has 3 aliphatic rings. The Morgan fingerprint density at radius 1 is 1.31 bits per heavy atom. The van der Waals surface area contributed by atoms with Gasteiger partial charge in [-0.1, -0.05) is 37.3 Å². The van der Waals surface area contributed by atoms with Gasteiger partial charge in [-0.15, -0.1) is 18.3 Å². The van der Waals surface area contributed by atoms with Crippen molar-refractivity contribution < 1.29 is 24.2 Å². The minimum Gasteiger partial charge on any atom is -0.461 e. The summed E-state index contributed by atoms with van der Waals surface area (Å²) in [6.07, 6.45) is 4.22. The number of fused-ring (bicyclic) bond motifs is 1. The van der Waals surface area contributed by atoms with Crippen LogP contribution < -0.4 is 4.90 Å². The standard InChI is InChI=1S/C26H31ClN2O5S/c1-4-11-28(18-9-7-17(27)8-10-18)24(32)22-26-16(3)15-19(35-26)20(25(33)34-14-5-2)21(26)23(31)29(22)12-6-13-30/h4-5,7-10,16,19-22,30H,1-2,6,11-15H2,3H3/t16?,19-,20+,21+,22?,26?/m1/s1. The number of hydrogen-bond acceptors (Lipinski definition) is 6. The molecule has 2 bridgehead atoms. The highest BCUT2D eigenvalue weighted by atomic mass is 35.5. The monoisotopic (exact) mass is 518 g/mol. The second kappa shape index (κ2) is 10.4. The molecule has 7 nitrogen and oxygen atoms in total. The maximum Gasteiger partial charge on any atom is 0.311 e. The minimum atomic E-state index is -0.774. The van der Waals surface area contributed by atoms with E-state index in [1.54, 1.807) is 51.9 Å². The van der Waals surface area contributed by atoms with Gasteiger partial charge < -0.3 is 19.6 Å². The van der Waals surface area contributed by atoms with Crippen LogP contribution in [-0.4, -0.2) is 70.1 Å². The Hall–Kier alpha value is -2.29. The molecule has 4 rings (SSSR count). The van der Waals surface area contributed by atoms with Gasteiger partial charge in [0.25, 0.3) is 5.91 Å². The number of aliphatic hydroxyl groups excluding tert-OH is 1. The van der Waals surface area contributed by atoms with Crippen molar-refractivity contribution in [3.63, 3.8) is 0 Å². The highest BCUT2D eigenvalue weighted by Crippen LogP contribution is 2.68. The number of rotatable bonds is 10. The average molecular weight is 519 g/mol. The van der Waals surface area contributed by atoms with Crippen molar-refractivity contribution in [1.82, 2.24) is 4.90 Å². The van der Waals surface area contributed by atoms with E-state index in [1.807, 2.05) is 0 Å². The van der Waals surface area contributed by atoms with E-state index in [-0.39, 0.29) is 49.3 Å². The molecule has 6 atom stereocenters. The van der Waals surface area contributed by atoms with Gasteiger partial charge in [-0.3, -0.25) is 14.4 Å². The van der Waals surface area contributed by atoms with E-state index in [0.29, 0.717) is 17.1 Å². The van der Waals surface area contributed by atoms with Crippen molar-refractivity contribution in [1.29, 1.82) is 0 Å².